The lowest BCUT2D eigenvalue weighted by atomic mass is 10.3. The van der Waals surface area contributed by atoms with Gasteiger partial charge in [0.1, 0.15) is 12.4 Å². The molecule has 9 heteroatoms. The van der Waals surface area contributed by atoms with Gasteiger partial charge in [-0.05, 0) is 46.1 Å². The molecule has 0 saturated carbocycles. The van der Waals surface area contributed by atoms with Crippen LogP contribution in [0, 0.1) is 19.7 Å². The molecule has 1 aromatic carbocycles. The minimum Gasteiger partial charge on any atom is -0.308 e. The molecule has 7 nitrogen and oxygen atoms in total. The van der Waals surface area contributed by atoms with Crippen LogP contribution >= 0.6 is 11.3 Å². The molecular weight excluding hydrogens is 381 g/mol. The second kappa shape index (κ2) is 8.15. The van der Waals surface area contributed by atoms with E-state index in [9.17, 15) is 14.0 Å². The summed E-state index contributed by atoms with van der Waals surface area (Å²) in [5.41, 5.74) is 1.56. The zero-order chi connectivity index (χ0) is 20.4. The van der Waals surface area contributed by atoms with Crippen LogP contribution in [0.25, 0.3) is 10.2 Å². The van der Waals surface area contributed by atoms with Crippen LogP contribution in [0.4, 0.5) is 9.52 Å². The maximum Gasteiger partial charge on any atom is 0.256 e. The number of amides is 1. The number of carbonyl (C=O) groups is 1. The Morgan fingerprint density at radius 1 is 1.25 bits per heavy atom. The number of fused-ring (bicyclic) bond motifs is 1. The second-order valence-corrected chi connectivity index (χ2v) is 7.85. The summed E-state index contributed by atoms with van der Waals surface area (Å²) in [6.45, 7) is 4.34. The first-order valence-corrected chi connectivity index (χ1v) is 9.61. The van der Waals surface area contributed by atoms with Gasteiger partial charge >= 0.3 is 0 Å². The number of nitrogens with zero attached hydrogens (tertiary/aromatic N) is 5. The number of thiazole rings is 1. The van der Waals surface area contributed by atoms with E-state index in [1.165, 1.54) is 34.4 Å². The summed E-state index contributed by atoms with van der Waals surface area (Å²) in [7, 11) is 3.82. The summed E-state index contributed by atoms with van der Waals surface area (Å²) in [6.07, 6.45) is 1.39. The number of hydrogen-bond donors (Lipinski definition) is 0. The summed E-state index contributed by atoms with van der Waals surface area (Å²) in [5.74, 6) is -0.616. The number of carbonyl (C=O) groups excluding carboxylic acids is 1. The standard InChI is InChI=1S/C19H22FN5O2S/c1-12-13(2)21-11-24(18(12)27)10-17(26)25(8-7-23(3)4)19-22-15-6-5-14(20)9-16(15)28-19/h5-6,9,11H,7-8,10H2,1-4H3. The second-order valence-electron chi connectivity index (χ2n) is 6.85. The van der Waals surface area contributed by atoms with Gasteiger partial charge in [0.05, 0.1) is 16.5 Å². The first kappa shape index (κ1) is 20.1. The highest BCUT2D eigenvalue weighted by Gasteiger charge is 2.21. The molecule has 0 aliphatic carbocycles. The molecule has 0 aliphatic heterocycles. The number of anilines is 1. The number of aromatic nitrogens is 3. The van der Waals surface area contributed by atoms with Crippen molar-refractivity contribution in [3.63, 3.8) is 0 Å². The monoisotopic (exact) mass is 403 g/mol. The third-order valence-electron chi connectivity index (χ3n) is 4.46. The van der Waals surface area contributed by atoms with Crippen molar-refractivity contribution in [3.8, 4) is 0 Å². The Hall–Kier alpha value is -2.65. The summed E-state index contributed by atoms with van der Waals surface area (Å²) in [4.78, 5) is 37.6. The lowest BCUT2D eigenvalue weighted by Gasteiger charge is -2.22. The van der Waals surface area contributed by atoms with Gasteiger partial charge in [-0.1, -0.05) is 11.3 Å². The topological polar surface area (TPSA) is 71.3 Å². The van der Waals surface area contributed by atoms with Gasteiger partial charge in [-0.3, -0.25) is 19.1 Å². The van der Waals surface area contributed by atoms with Gasteiger partial charge in [0.25, 0.3) is 5.56 Å². The van der Waals surface area contributed by atoms with Crippen molar-refractivity contribution >= 4 is 32.6 Å². The van der Waals surface area contributed by atoms with Gasteiger partial charge in [0.15, 0.2) is 5.13 Å². The zero-order valence-corrected chi connectivity index (χ0v) is 17.1. The average Bonchev–Trinajstić information content (AvgIpc) is 3.04. The van der Waals surface area contributed by atoms with Crippen LogP contribution in [0.3, 0.4) is 0 Å². The van der Waals surface area contributed by atoms with E-state index in [1.807, 2.05) is 19.0 Å². The number of aryl methyl sites for hydroxylation is 1. The highest BCUT2D eigenvalue weighted by Crippen LogP contribution is 2.29. The number of likely N-dealkylation sites (N-methyl/N-ethyl adjacent to an activating group) is 1. The summed E-state index contributed by atoms with van der Waals surface area (Å²) < 4.78 is 15.5. The van der Waals surface area contributed by atoms with Gasteiger partial charge in [-0.2, -0.15) is 0 Å². The van der Waals surface area contributed by atoms with E-state index in [0.29, 0.717) is 39.7 Å². The summed E-state index contributed by atoms with van der Waals surface area (Å²) in [6, 6.07) is 4.35. The molecule has 0 fully saturated rings. The first-order valence-electron chi connectivity index (χ1n) is 8.80. The molecule has 0 spiro atoms. The van der Waals surface area contributed by atoms with Gasteiger partial charge in [0, 0.05) is 24.3 Å². The summed E-state index contributed by atoms with van der Waals surface area (Å²) >= 11 is 1.25. The first-order chi connectivity index (χ1) is 13.3. The van der Waals surface area contributed by atoms with Crippen molar-refractivity contribution < 1.29 is 9.18 Å². The fourth-order valence-corrected chi connectivity index (χ4v) is 3.68. The molecule has 0 unspecified atom stereocenters. The van der Waals surface area contributed by atoms with Crippen LogP contribution in [0.1, 0.15) is 11.3 Å². The third kappa shape index (κ3) is 4.26. The minimum absolute atomic E-state index is 0.134. The smallest absolute Gasteiger partial charge is 0.256 e. The van der Waals surface area contributed by atoms with Crippen molar-refractivity contribution in [2.45, 2.75) is 20.4 Å². The lowest BCUT2D eigenvalue weighted by Crippen LogP contribution is -2.40. The normalized spacial score (nSPS) is 11.4. The van der Waals surface area contributed by atoms with E-state index in [4.69, 9.17) is 0 Å². The van der Waals surface area contributed by atoms with Crippen LogP contribution in [0.15, 0.2) is 29.3 Å². The maximum absolute atomic E-state index is 13.5. The maximum atomic E-state index is 13.5. The van der Waals surface area contributed by atoms with E-state index in [-0.39, 0.29) is 23.8 Å². The molecule has 0 aliphatic rings. The molecule has 2 aromatic heterocycles. The largest absolute Gasteiger partial charge is 0.308 e. The molecule has 0 radical (unpaired) electrons. The SMILES string of the molecule is Cc1ncn(CC(=O)N(CCN(C)C)c2nc3ccc(F)cc3s2)c(=O)c1C. The molecule has 0 N–H and O–H groups in total. The van der Waals surface area contributed by atoms with Crippen molar-refractivity contribution in [1.29, 1.82) is 0 Å². The molecule has 0 bridgehead atoms. The molecular formula is C19H22FN5O2S. The van der Waals surface area contributed by atoms with Crippen LogP contribution in [0.5, 0.6) is 0 Å². The summed E-state index contributed by atoms with van der Waals surface area (Å²) in [5, 5.41) is 0.484. The molecule has 0 atom stereocenters. The highest BCUT2D eigenvalue weighted by atomic mass is 32.1. The Morgan fingerprint density at radius 2 is 2.00 bits per heavy atom. The van der Waals surface area contributed by atoms with E-state index in [0.717, 1.165) is 0 Å². The van der Waals surface area contributed by atoms with Crippen LogP contribution in [0.2, 0.25) is 0 Å². The van der Waals surface area contributed by atoms with E-state index >= 15 is 0 Å². The quantitative estimate of drug-likeness (QED) is 0.631. The Labute approximate surface area is 166 Å². The van der Waals surface area contributed by atoms with E-state index in [2.05, 4.69) is 9.97 Å². The van der Waals surface area contributed by atoms with Gasteiger partial charge in [0.2, 0.25) is 5.91 Å². The number of halogens is 1. The average molecular weight is 403 g/mol. The van der Waals surface area contributed by atoms with Crippen LogP contribution < -0.4 is 10.5 Å². The van der Waals surface area contributed by atoms with Crippen LogP contribution in [-0.2, 0) is 11.3 Å². The van der Waals surface area contributed by atoms with Crippen molar-refractivity contribution in [3.05, 3.63) is 52.0 Å². The van der Waals surface area contributed by atoms with Gasteiger partial charge < -0.3 is 4.90 Å². The van der Waals surface area contributed by atoms with Crippen LogP contribution in [-0.4, -0.2) is 52.5 Å². The predicted molar refractivity (Wildman–Crippen MR) is 108 cm³/mol. The third-order valence-corrected chi connectivity index (χ3v) is 5.50. The molecule has 148 valence electrons. The molecule has 3 aromatic rings. The van der Waals surface area contributed by atoms with Gasteiger partial charge in [-0.25, -0.2) is 14.4 Å². The Kier molecular flexibility index (Phi) is 5.85. The van der Waals surface area contributed by atoms with E-state index in [1.54, 1.807) is 24.8 Å². The van der Waals surface area contributed by atoms with Crippen molar-refractivity contribution in [2.75, 3.05) is 32.1 Å². The Balaban J connectivity index is 1.93. The fourth-order valence-electron chi connectivity index (χ4n) is 2.65. The number of benzene rings is 1. The molecule has 0 saturated heterocycles. The molecule has 1 amide bonds. The lowest BCUT2D eigenvalue weighted by molar-refractivity contribution is -0.119. The Morgan fingerprint density at radius 3 is 2.71 bits per heavy atom. The fraction of sp³-hybridized carbons (Fsp3) is 0.368. The highest BCUT2D eigenvalue weighted by molar-refractivity contribution is 7.22. The van der Waals surface area contributed by atoms with Gasteiger partial charge in [-0.15, -0.1) is 0 Å². The van der Waals surface area contributed by atoms with Crippen molar-refractivity contribution in [1.82, 2.24) is 19.4 Å². The molecule has 28 heavy (non-hydrogen) atoms. The van der Waals surface area contributed by atoms with E-state index < -0.39 is 0 Å². The molecule has 2 heterocycles. The molecule has 3 rings (SSSR count). The zero-order valence-electron chi connectivity index (χ0n) is 16.3. The minimum atomic E-state index is -0.346. The Bertz CT molecular complexity index is 1080. The number of rotatable bonds is 6. The number of hydrogen-bond acceptors (Lipinski definition) is 6. The van der Waals surface area contributed by atoms with Crippen molar-refractivity contribution in [2.24, 2.45) is 0 Å². The predicted octanol–water partition coefficient (Wildman–Crippen LogP) is 2.20.